The van der Waals surface area contributed by atoms with Crippen molar-refractivity contribution in [3.63, 3.8) is 0 Å². The Morgan fingerprint density at radius 3 is 2.55 bits per heavy atom. The van der Waals surface area contributed by atoms with E-state index in [1.54, 1.807) is 26.4 Å². The summed E-state index contributed by atoms with van der Waals surface area (Å²) in [5, 5.41) is 0. The highest BCUT2D eigenvalue weighted by atomic mass is 16.5. The van der Waals surface area contributed by atoms with E-state index >= 15 is 0 Å². The number of carbonyl (C=O) groups excluding carboxylic acids is 1. The maximum absolute atomic E-state index is 12.0. The molecule has 0 saturated carbocycles. The second kappa shape index (κ2) is 8.27. The molecular formula is C18H23NO3. The first-order chi connectivity index (χ1) is 10.8. The molecule has 2 rings (SSSR count). The van der Waals surface area contributed by atoms with E-state index < -0.39 is 0 Å². The van der Waals surface area contributed by atoms with Crippen molar-refractivity contribution in [3.8, 4) is 11.5 Å². The molecule has 1 aliphatic rings. The van der Waals surface area contributed by atoms with E-state index in [0.717, 1.165) is 31.5 Å². The molecule has 1 heterocycles. The van der Waals surface area contributed by atoms with Gasteiger partial charge in [0.15, 0.2) is 11.5 Å². The molecule has 0 spiro atoms. The van der Waals surface area contributed by atoms with Crippen LogP contribution < -0.4 is 9.47 Å². The van der Waals surface area contributed by atoms with Gasteiger partial charge in [0, 0.05) is 24.7 Å². The van der Waals surface area contributed by atoms with Crippen molar-refractivity contribution < 1.29 is 14.3 Å². The molecule has 0 aromatic heterocycles. The van der Waals surface area contributed by atoms with Crippen molar-refractivity contribution >= 4 is 12.0 Å². The highest BCUT2D eigenvalue weighted by Gasteiger charge is 2.13. The van der Waals surface area contributed by atoms with E-state index in [9.17, 15) is 4.79 Å². The lowest BCUT2D eigenvalue weighted by molar-refractivity contribution is -0.126. The maximum atomic E-state index is 12.0. The number of allylic oxidation sites excluding steroid dienone is 2. The predicted molar refractivity (Wildman–Crippen MR) is 88.2 cm³/mol. The van der Waals surface area contributed by atoms with E-state index in [0.29, 0.717) is 11.5 Å². The summed E-state index contributed by atoms with van der Waals surface area (Å²) in [4.78, 5) is 13.9. The number of amides is 1. The van der Waals surface area contributed by atoms with Crippen LogP contribution in [0.25, 0.3) is 6.08 Å². The zero-order valence-corrected chi connectivity index (χ0v) is 13.2. The Balaban J connectivity index is 2.00. The van der Waals surface area contributed by atoms with Gasteiger partial charge in [-0.15, -0.1) is 0 Å². The molecule has 1 aromatic carbocycles. The van der Waals surface area contributed by atoms with Crippen molar-refractivity contribution in [1.29, 1.82) is 0 Å². The third-order valence-electron chi connectivity index (χ3n) is 3.73. The third-order valence-corrected chi connectivity index (χ3v) is 3.73. The van der Waals surface area contributed by atoms with Crippen LogP contribution in [0.3, 0.4) is 0 Å². The first-order valence-corrected chi connectivity index (χ1v) is 7.61. The topological polar surface area (TPSA) is 38.8 Å². The molecule has 118 valence electrons. The average molecular weight is 301 g/mol. The highest BCUT2D eigenvalue weighted by Crippen LogP contribution is 2.31. The number of rotatable bonds is 5. The Morgan fingerprint density at radius 1 is 1.09 bits per heavy atom. The second-order valence-electron chi connectivity index (χ2n) is 5.19. The fraction of sp³-hybridized carbons (Fsp3) is 0.389. The number of nitrogens with zero attached hydrogens (tertiary/aromatic N) is 1. The van der Waals surface area contributed by atoms with Crippen LogP contribution >= 0.6 is 0 Å². The first kappa shape index (κ1) is 16.1. The second-order valence-corrected chi connectivity index (χ2v) is 5.19. The summed E-state index contributed by atoms with van der Waals surface area (Å²) in [5.41, 5.74) is 0.914. The van der Waals surface area contributed by atoms with Gasteiger partial charge in [0.2, 0.25) is 5.91 Å². The van der Waals surface area contributed by atoms with E-state index in [2.05, 4.69) is 0 Å². The lowest BCUT2D eigenvalue weighted by Crippen LogP contribution is -2.34. The number of methoxy groups -OCH3 is 2. The van der Waals surface area contributed by atoms with Gasteiger partial charge in [-0.1, -0.05) is 30.4 Å². The monoisotopic (exact) mass is 301 g/mol. The van der Waals surface area contributed by atoms with E-state index in [-0.39, 0.29) is 5.91 Å². The molecule has 1 aromatic rings. The van der Waals surface area contributed by atoms with Crippen molar-refractivity contribution in [2.75, 3.05) is 27.3 Å². The molecular weight excluding hydrogens is 278 g/mol. The molecule has 1 saturated heterocycles. The number of likely N-dealkylation sites (tertiary alicyclic amines) is 1. The smallest absolute Gasteiger partial charge is 0.246 e. The first-order valence-electron chi connectivity index (χ1n) is 7.61. The Hall–Kier alpha value is -2.23. The maximum Gasteiger partial charge on any atom is 0.246 e. The molecule has 0 N–H and O–H groups in total. The van der Waals surface area contributed by atoms with E-state index in [4.69, 9.17) is 9.47 Å². The largest absolute Gasteiger partial charge is 0.493 e. The quantitative estimate of drug-likeness (QED) is 0.619. The molecule has 4 nitrogen and oxygen atoms in total. The minimum atomic E-state index is 0.0851. The number of piperidine rings is 1. The lowest BCUT2D eigenvalue weighted by atomic mass is 10.1. The Morgan fingerprint density at radius 2 is 1.86 bits per heavy atom. The van der Waals surface area contributed by atoms with Crippen LogP contribution in [0.15, 0.2) is 36.4 Å². The average Bonchev–Trinajstić information content (AvgIpc) is 2.58. The zero-order chi connectivity index (χ0) is 15.8. The molecule has 0 unspecified atom stereocenters. The number of carbonyl (C=O) groups is 1. The highest BCUT2D eigenvalue weighted by molar-refractivity contribution is 5.88. The van der Waals surface area contributed by atoms with Crippen molar-refractivity contribution in [2.45, 2.75) is 19.3 Å². The molecule has 1 amide bonds. The van der Waals surface area contributed by atoms with Crippen molar-refractivity contribution in [2.24, 2.45) is 0 Å². The molecule has 0 aliphatic carbocycles. The molecule has 1 aliphatic heterocycles. The minimum Gasteiger partial charge on any atom is -0.493 e. The van der Waals surface area contributed by atoms with Gasteiger partial charge in [0.1, 0.15) is 0 Å². The zero-order valence-electron chi connectivity index (χ0n) is 13.2. The fourth-order valence-electron chi connectivity index (χ4n) is 2.56. The minimum absolute atomic E-state index is 0.0851. The molecule has 4 heteroatoms. The summed E-state index contributed by atoms with van der Waals surface area (Å²) in [5.74, 6) is 1.47. The summed E-state index contributed by atoms with van der Waals surface area (Å²) < 4.78 is 10.6. The summed E-state index contributed by atoms with van der Waals surface area (Å²) in [6.07, 6.45) is 10.6. The van der Waals surface area contributed by atoms with Crippen LogP contribution in [0.4, 0.5) is 0 Å². The van der Waals surface area contributed by atoms with Crippen LogP contribution in [0.1, 0.15) is 24.8 Å². The fourth-order valence-corrected chi connectivity index (χ4v) is 2.56. The number of benzene rings is 1. The van der Waals surface area contributed by atoms with Crippen molar-refractivity contribution in [3.05, 3.63) is 42.0 Å². The Labute approximate surface area is 132 Å². The van der Waals surface area contributed by atoms with Gasteiger partial charge in [0.25, 0.3) is 0 Å². The Kier molecular flexibility index (Phi) is 6.07. The molecule has 0 radical (unpaired) electrons. The van der Waals surface area contributed by atoms with E-state index in [1.165, 1.54) is 6.42 Å². The van der Waals surface area contributed by atoms with Crippen LogP contribution in [-0.4, -0.2) is 38.1 Å². The molecule has 0 bridgehead atoms. The van der Waals surface area contributed by atoms with Gasteiger partial charge >= 0.3 is 0 Å². The van der Waals surface area contributed by atoms with Crippen molar-refractivity contribution in [1.82, 2.24) is 4.90 Å². The summed E-state index contributed by atoms with van der Waals surface area (Å²) >= 11 is 0. The SMILES string of the molecule is COc1cccc(C=CC=CC(=O)N2CCCCC2)c1OC. The number of hydrogen-bond acceptors (Lipinski definition) is 3. The van der Waals surface area contributed by atoms with Crippen LogP contribution in [-0.2, 0) is 4.79 Å². The lowest BCUT2D eigenvalue weighted by Gasteiger charge is -2.25. The van der Waals surface area contributed by atoms with Gasteiger partial charge in [-0.25, -0.2) is 0 Å². The summed E-state index contributed by atoms with van der Waals surface area (Å²) in [7, 11) is 3.23. The standard InChI is InChI=1S/C18H23NO3/c1-21-16-11-8-10-15(18(16)22-2)9-4-5-12-17(20)19-13-6-3-7-14-19/h4-5,8-12H,3,6-7,13-14H2,1-2H3. The molecule has 0 atom stereocenters. The van der Waals surface area contributed by atoms with Crippen LogP contribution in [0.5, 0.6) is 11.5 Å². The normalized spacial score (nSPS) is 15.5. The van der Waals surface area contributed by atoms with Gasteiger partial charge < -0.3 is 14.4 Å². The molecule has 22 heavy (non-hydrogen) atoms. The molecule has 1 fully saturated rings. The summed E-state index contributed by atoms with van der Waals surface area (Å²) in [6, 6.07) is 5.70. The number of hydrogen-bond donors (Lipinski definition) is 0. The van der Waals surface area contributed by atoms with Gasteiger partial charge in [-0.05, 0) is 25.3 Å². The number of para-hydroxylation sites is 1. The number of ether oxygens (including phenoxy) is 2. The van der Waals surface area contributed by atoms with Gasteiger partial charge in [0.05, 0.1) is 14.2 Å². The van der Waals surface area contributed by atoms with E-state index in [1.807, 2.05) is 35.3 Å². The summed E-state index contributed by atoms with van der Waals surface area (Å²) in [6.45, 7) is 1.74. The third kappa shape index (κ3) is 4.13. The predicted octanol–water partition coefficient (Wildman–Crippen LogP) is 3.29. The Bertz CT molecular complexity index is 557. The van der Waals surface area contributed by atoms with Crippen LogP contribution in [0, 0.1) is 0 Å². The van der Waals surface area contributed by atoms with Gasteiger partial charge in [-0.2, -0.15) is 0 Å². The van der Waals surface area contributed by atoms with Crippen LogP contribution in [0.2, 0.25) is 0 Å². The van der Waals surface area contributed by atoms with Gasteiger partial charge in [-0.3, -0.25) is 4.79 Å².